The fourth-order valence-corrected chi connectivity index (χ4v) is 3.48. The molecule has 1 aliphatic rings. The molecule has 1 saturated heterocycles. The van der Waals surface area contributed by atoms with Crippen LogP contribution in [0.5, 0.6) is 0 Å². The number of methoxy groups -OCH3 is 2. The molecular weight excluding hydrogens is 264 g/mol. The first-order valence-corrected chi connectivity index (χ1v) is 7.12. The molecule has 1 aromatic carbocycles. The van der Waals surface area contributed by atoms with Crippen molar-refractivity contribution in [1.29, 1.82) is 0 Å². The van der Waals surface area contributed by atoms with Gasteiger partial charge in [-0.3, -0.25) is 0 Å². The van der Waals surface area contributed by atoms with E-state index in [1.165, 1.54) is 5.56 Å². The van der Waals surface area contributed by atoms with Crippen molar-refractivity contribution in [3.63, 3.8) is 0 Å². The summed E-state index contributed by atoms with van der Waals surface area (Å²) in [5.41, 5.74) is 1.23. The number of aliphatic hydroxyl groups excluding tert-OH is 1. The summed E-state index contributed by atoms with van der Waals surface area (Å²) < 4.78 is 16.4. The van der Waals surface area contributed by atoms with Gasteiger partial charge in [-0.25, -0.2) is 0 Å². The Hall–Kier alpha value is -0.590. The third-order valence-corrected chi connectivity index (χ3v) is 4.63. The Labute approximate surface area is 118 Å². The van der Waals surface area contributed by atoms with Crippen LogP contribution in [0.2, 0.25) is 0 Å². The smallest absolute Gasteiger partial charge is 0.185 e. The van der Waals surface area contributed by atoms with Crippen molar-refractivity contribution < 1.29 is 19.3 Å². The third kappa shape index (κ3) is 3.30. The number of rotatable bonds is 5. The minimum atomic E-state index is -0.426. The van der Waals surface area contributed by atoms with E-state index in [1.54, 1.807) is 26.0 Å². The Balaban J connectivity index is 2.13. The van der Waals surface area contributed by atoms with Crippen molar-refractivity contribution in [1.82, 2.24) is 0 Å². The van der Waals surface area contributed by atoms with E-state index in [2.05, 4.69) is 31.2 Å². The topological polar surface area (TPSA) is 47.9 Å². The molecule has 4 atom stereocenters. The summed E-state index contributed by atoms with van der Waals surface area (Å²) in [5, 5.41) is 9.45. The molecule has 0 spiro atoms. The van der Waals surface area contributed by atoms with Crippen LogP contribution in [-0.4, -0.2) is 49.7 Å². The van der Waals surface area contributed by atoms with Crippen molar-refractivity contribution in [2.24, 2.45) is 0 Å². The van der Waals surface area contributed by atoms with E-state index in [4.69, 9.17) is 14.2 Å². The van der Waals surface area contributed by atoms with E-state index in [0.29, 0.717) is 0 Å². The lowest BCUT2D eigenvalue weighted by molar-refractivity contribution is -0.159. The molecular formula is C14H20O4S. The van der Waals surface area contributed by atoms with E-state index >= 15 is 0 Å². The molecule has 1 aliphatic heterocycles. The maximum Gasteiger partial charge on any atom is 0.185 e. The van der Waals surface area contributed by atoms with Crippen molar-refractivity contribution >= 4 is 11.8 Å². The first-order valence-electron chi connectivity index (χ1n) is 6.24. The van der Waals surface area contributed by atoms with Gasteiger partial charge < -0.3 is 19.3 Å². The molecule has 106 valence electrons. The second-order valence-corrected chi connectivity index (χ2v) is 5.81. The number of hydrogen-bond acceptors (Lipinski definition) is 5. The van der Waals surface area contributed by atoms with Crippen LogP contribution in [0.4, 0.5) is 0 Å². The minimum Gasteiger partial charge on any atom is -0.394 e. The second kappa shape index (κ2) is 6.72. The van der Waals surface area contributed by atoms with Gasteiger partial charge in [0.05, 0.1) is 18.0 Å². The zero-order chi connectivity index (χ0) is 13.8. The molecule has 19 heavy (non-hydrogen) atoms. The van der Waals surface area contributed by atoms with Crippen molar-refractivity contribution in [2.45, 2.75) is 35.6 Å². The quantitative estimate of drug-likeness (QED) is 0.894. The Kier molecular flexibility index (Phi) is 5.24. The second-order valence-electron chi connectivity index (χ2n) is 4.56. The Bertz CT molecular complexity index is 395. The average molecular weight is 284 g/mol. The fourth-order valence-electron chi connectivity index (χ4n) is 2.19. The van der Waals surface area contributed by atoms with Crippen LogP contribution in [0, 0.1) is 6.92 Å². The molecule has 1 N–H and O–H groups in total. The molecule has 1 fully saturated rings. The standard InChI is InChI=1S/C14H20O4S/c1-9-4-6-10(7-5-9)19-13-11(8-15)18-14(17-3)12(13)16-2/h4-7,11-15H,8H2,1-3H3/t11-,12+,13-,14+/m1/s1. The SMILES string of the molecule is CO[C@H]1O[C@H](CO)[C@@H](Sc2ccc(C)cc2)[C@@H]1OC. The summed E-state index contributed by atoms with van der Waals surface area (Å²) in [4.78, 5) is 1.14. The number of aliphatic hydroxyl groups is 1. The van der Waals surface area contributed by atoms with Crippen LogP contribution in [0.1, 0.15) is 5.56 Å². The Morgan fingerprint density at radius 3 is 2.42 bits per heavy atom. The zero-order valence-electron chi connectivity index (χ0n) is 11.4. The number of thioether (sulfide) groups is 1. The van der Waals surface area contributed by atoms with E-state index in [-0.39, 0.29) is 24.1 Å². The summed E-state index contributed by atoms with van der Waals surface area (Å²) in [7, 11) is 3.23. The molecule has 0 bridgehead atoms. The molecule has 0 saturated carbocycles. The van der Waals surface area contributed by atoms with E-state index in [0.717, 1.165) is 4.90 Å². The first-order chi connectivity index (χ1) is 9.19. The van der Waals surface area contributed by atoms with Crippen LogP contribution < -0.4 is 0 Å². The lowest BCUT2D eigenvalue weighted by atomic mass is 10.2. The zero-order valence-corrected chi connectivity index (χ0v) is 12.2. The normalized spacial score (nSPS) is 30.7. The van der Waals surface area contributed by atoms with Gasteiger partial charge in [-0.15, -0.1) is 11.8 Å². The lowest BCUT2D eigenvalue weighted by Gasteiger charge is -2.21. The van der Waals surface area contributed by atoms with Crippen molar-refractivity contribution in [3.05, 3.63) is 29.8 Å². The third-order valence-electron chi connectivity index (χ3n) is 3.24. The van der Waals surface area contributed by atoms with Gasteiger partial charge in [0, 0.05) is 19.1 Å². The molecule has 0 amide bonds. The molecule has 0 aromatic heterocycles. The molecule has 0 unspecified atom stereocenters. The molecule has 0 aliphatic carbocycles. The fraction of sp³-hybridized carbons (Fsp3) is 0.571. The van der Waals surface area contributed by atoms with Crippen molar-refractivity contribution in [2.75, 3.05) is 20.8 Å². The van der Waals surface area contributed by atoms with Crippen LogP contribution >= 0.6 is 11.8 Å². The molecule has 1 aromatic rings. The molecule has 0 radical (unpaired) electrons. The maximum absolute atomic E-state index is 9.44. The van der Waals surface area contributed by atoms with Crippen LogP contribution in [0.25, 0.3) is 0 Å². The van der Waals surface area contributed by atoms with Gasteiger partial charge >= 0.3 is 0 Å². The summed E-state index contributed by atoms with van der Waals surface area (Å²) in [6, 6.07) is 8.28. The largest absolute Gasteiger partial charge is 0.394 e. The average Bonchev–Trinajstić information content (AvgIpc) is 2.78. The van der Waals surface area contributed by atoms with Gasteiger partial charge in [0.2, 0.25) is 0 Å². The van der Waals surface area contributed by atoms with Gasteiger partial charge in [0.15, 0.2) is 6.29 Å². The van der Waals surface area contributed by atoms with E-state index < -0.39 is 6.29 Å². The van der Waals surface area contributed by atoms with Gasteiger partial charge in [-0.05, 0) is 19.1 Å². The lowest BCUT2D eigenvalue weighted by Crippen LogP contribution is -2.33. The minimum absolute atomic E-state index is 0.0163. The van der Waals surface area contributed by atoms with Crippen LogP contribution in [0.3, 0.4) is 0 Å². The summed E-state index contributed by atoms with van der Waals surface area (Å²) >= 11 is 1.65. The monoisotopic (exact) mass is 284 g/mol. The Morgan fingerprint density at radius 1 is 1.21 bits per heavy atom. The highest BCUT2D eigenvalue weighted by Crippen LogP contribution is 2.37. The summed E-state index contributed by atoms with van der Waals surface area (Å²) in [6.07, 6.45) is -0.889. The first kappa shape index (κ1) is 14.8. The molecule has 5 heteroatoms. The number of benzene rings is 1. The van der Waals surface area contributed by atoms with Crippen LogP contribution in [-0.2, 0) is 14.2 Å². The van der Waals surface area contributed by atoms with Gasteiger partial charge in [-0.1, -0.05) is 17.7 Å². The van der Waals surface area contributed by atoms with Gasteiger partial charge in [0.1, 0.15) is 6.10 Å². The van der Waals surface area contributed by atoms with E-state index in [9.17, 15) is 5.11 Å². The number of aryl methyl sites for hydroxylation is 1. The summed E-state index contributed by atoms with van der Waals surface area (Å²) in [5.74, 6) is 0. The predicted molar refractivity (Wildman–Crippen MR) is 74.4 cm³/mol. The van der Waals surface area contributed by atoms with Gasteiger partial charge in [0.25, 0.3) is 0 Å². The highest BCUT2D eigenvalue weighted by atomic mass is 32.2. The summed E-state index contributed by atoms with van der Waals surface area (Å²) in [6.45, 7) is 2.02. The van der Waals surface area contributed by atoms with Crippen molar-refractivity contribution in [3.8, 4) is 0 Å². The highest BCUT2D eigenvalue weighted by molar-refractivity contribution is 8.00. The molecule has 4 nitrogen and oxygen atoms in total. The highest BCUT2D eigenvalue weighted by Gasteiger charge is 2.45. The van der Waals surface area contributed by atoms with Crippen LogP contribution in [0.15, 0.2) is 29.2 Å². The molecule has 1 heterocycles. The molecule has 2 rings (SSSR count). The van der Waals surface area contributed by atoms with Gasteiger partial charge in [-0.2, -0.15) is 0 Å². The Morgan fingerprint density at radius 2 is 1.89 bits per heavy atom. The number of ether oxygens (including phenoxy) is 3. The van der Waals surface area contributed by atoms with E-state index in [1.807, 2.05) is 0 Å². The number of hydrogen-bond donors (Lipinski definition) is 1. The maximum atomic E-state index is 9.44. The predicted octanol–water partition coefficient (Wildman–Crippen LogP) is 1.83.